The van der Waals surface area contributed by atoms with E-state index in [-0.39, 0.29) is 28.7 Å². The van der Waals surface area contributed by atoms with Gasteiger partial charge in [-0.1, -0.05) is 6.07 Å². The monoisotopic (exact) mass is 435 g/mol. The predicted molar refractivity (Wildman–Crippen MR) is 113 cm³/mol. The Bertz CT molecular complexity index is 954. The second-order valence-electron chi connectivity index (χ2n) is 7.36. The molecule has 1 atom stereocenters. The average molecular weight is 436 g/mol. The SMILES string of the molecule is CC(C)NS(=O)(=O)c1ccc(NC(=O)C2CCCN(C(=O)c3cccs3)C2)cc1. The van der Waals surface area contributed by atoms with Crippen LogP contribution in [0, 0.1) is 5.92 Å². The van der Waals surface area contributed by atoms with Crippen LogP contribution in [0.4, 0.5) is 5.69 Å². The maximum atomic E-state index is 12.7. The van der Waals surface area contributed by atoms with Crippen molar-refractivity contribution in [2.75, 3.05) is 18.4 Å². The molecule has 7 nitrogen and oxygen atoms in total. The molecule has 1 aromatic heterocycles. The first-order chi connectivity index (χ1) is 13.8. The second kappa shape index (κ2) is 9.06. The highest BCUT2D eigenvalue weighted by Crippen LogP contribution is 2.22. The summed E-state index contributed by atoms with van der Waals surface area (Å²) < 4.78 is 26.9. The zero-order valence-electron chi connectivity index (χ0n) is 16.4. The molecule has 2 heterocycles. The van der Waals surface area contributed by atoms with Crippen LogP contribution in [0.15, 0.2) is 46.7 Å². The molecule has 0 aliphatic carbocycles. The fourth-order valence-electron chi connectivity index (χ4n) is 3.27. The molecule has 0 saturated carbocycles. The smallest absolute Gasteiger partial charge is 0.263 e. The number of carbonyl (C=O) groups is 2. The standard InChI is InChI=1S/C20H25N3O4S2/c1-14(2)22-29(26,27)17-9-7-16(8-10-17)21-19(24)15-5-3-11-23(13-15)20(25)18-6-4-12-28-18/h4,6-10,12,14-15,22H,3,5,11,13H2,1-2H3,(H,21,24). The van der Waals surface area contributed by atoms with Crippen LogP contribution in [0.2, 0.25) is 0 Å². The number of piperidine rings is 1. The molecule has 2 amide bonds. The van der Waals surface area contributed by atoms with Gasteiger partial charge in [-0.2, -0.15) is 0 Å². The molecular weight excluding hydrogens is 410 g/mol. The lowest BCUT2D eigenvalue weighted by Gasteiger charge is -2.31. The summed E-state index contributed by atoms with van der Waals surface area (Å²) >= 11 is 1.40. The van der Waals surface area contributed by atoms with Crippen molar-refractivity contribution in [1.29, 1.82) is 0 Å². The van der Waals surface area contributed by atoms with E-state index >= 15 is 0 Å². The van der Waals surface area contributed by atoms with E-state index < -0.39 is 10.0 Å². The van der Waals surface area contributed by atoms with E-state index in [1.807, 2.05) is 11.4 Å². The van der Waals surface area contributed by atoms with Gasteiger partial charge in [-0.05, 0) is 62.4 Å². The number of nitrogens with one attached hydrogen (secondary N) is 2. The fraction of sp³-hybridized carbons (Fsp3) is 0.400. The van der Waals surface area contributed by atoms with Crippen molar-refractivity contribution in [3.63, 3.8) is 0 Å². The average Bonchev–Trinajstić information content (AvgIpc) is 3.22. The Kier molecular flexibility index (Phi) is 6.71. The zero-order chi connectivity index (χ0) is 21.0. The van der Waals surface area contributed by atoms with Gasteiger partial charge in [-0.15, -0.1) is 11.3 Å². The van der Waals surface area contributed by atoms with Crippen molar-refractivity contribution in [3.8, 4) is 0 Å². The third-order valence-corrected chi connectivity index (χ3v) is 7.17. The molecule has 0 spiro atoms. The normalized spacial score (nSPS) is 17.3. The number of thiophene rings is 1. The summed E-state index contributed by atoms with van der Waals surface area (Å²) in [6.07, 6.45) is 1.48. The lowest BCUT2D eigenvalue weighted by Crippen LogP contribution is -2.43. The number of hydrogen-bond acceptors (Lipinski definition) is 5. The van der Waals surface area contributed by atoms with E-state index in [0.29, 0.717) is 30.1 Å². The van der Waals surface area contributed by atoms with Crippen molar-refractivity contribution in [2.45, 2.75) is 37.6 Å². The third kappa shape index (κ3) is 5.43. The number of hydrogen-bond donors (Lipinski definition) is 2. The van der Waals surface area contributed by atoms with Gasteiger partial charge >= 0.3 is 0 Å². The van der Waals surface area contributed by atoms with Gasteiger partial charge in [0, 0.05) is 24.8 Å². The number of nitrogens with zero attached hydrogens (tertiary/aromatic N) is 1. The molecule has 3 rings (SSSR count). The van der Waals surface area contributed by atoms with Crippen LogP contribution in [0.3, 0.4) is 0 Å². The van der Waals surface area contributed by atoms with Gasteiger partial charge in [0.2, 0.25) is 15.9 Å². The lowest BCUT2D eigenvalue weighted by atomic mass is 9.97. The number of rotatable bonds is 6. The molecule has 0 radical (unpaired) electrons. The Morgan fingerprint density at radius 1 is 1.17 bits per heavy atom. The number of sulfonamides is 1. The first kappa shape index (κ1) is 21.5. The van der Waals surface area contributed by atoms with Gasteiger partial charge in [0.25, 0.3) is 5.91 Å². The summed E-state index contributed by atoms with van der Waals surface area (Å²) in [6, 6.07) is 9.51. The predicted octanol–water partition coefficient (Wildman–Crippen LogP) is 2.93. The summed E-state index contributed by atoms with van der Waals surface area (Å²) in [5.41, 5.74) is 0.528. The van der Waals surface area contributed by atoms with Gasteiger partial charge in [0.15, 0.2) is 0 Å². The maximum absolute atomic E-state index is 12.7. The minimum atomic E-state index is -3.57. The molecule has 9 heteroatoms. The Hall–Kier alpha value is -2.23. The Labute approximate surface area is 175 Å². The highest BCUT2D eigenvalue weighted by molar-refractivity contribution is 7.89. The molecule has 2 N–H and O–H groups in total. The number of amides is 2. The van der Waals surface area contributed by atoms with Crippen LogP contribution in [0.1, 0.15) is 36.4 Å². The molecule has 29 heavy (non-hydrogen) atoms. The van der Waals surface area contributed by atoms with Crippen molar-refractivity contribution >= 4 is 38.9 Å². The third-order valence-electron chi connectivity index (χ3n) is 4.63. The molecule has 156 valence electrons. The molecule has 1 aliphatic rings. The van der Waals surface area contributed by atoms with Crippen LogP contribution in [0.25, 0.3) is 0 Å². The minimum Gasteiger partial charge on any atom is -0.337 e. The van der Waals surface area contributed by atoms with Crippen molar-refractivity contribution < 1.29 is 18.0 Å². The van der Waals surface area contributed by atoms with Gasteiger partial charge in [0.05, 0.1) is 15.7 Å². The highest BCUT2D eigenvalue weighted by Gasteiger charge is 2.29. The topological polar surface area (TPSA) is 95.6 Å². The first-order valence-corrected chi connectivity index (χ1v) is 11.9. The highest BCUT2D eigenvalue weighted by atomic mass is 32.2. The first-order valence-electron chi connectivity index (χ1n) is 9.52. The van der Waals surface area contributed by atoms with Gasteiger partial charge < -0.3 is 10.2 Å². The quantitative estimate of drug-likeness (QED) is 0.729. The molecule has 0 bridgehead atoms. The van der Waals surface area contributed by atoms with E-state index in [4.69, 9.17) is 0 Å². The van der Waals surface area contributed by atoms with Gasteiger partial charge in [-0.3, -0.25) is 9.59 Å². The van der Waals surface area contributed by atoms with Crippen LogP contribution in [-0.2, 0) is 14.8 Å². The summed E-state index contributed by atoms with van der Waals surface area (Å²) in [5.74, 6) is -0.493. The fourth-order valence-corrected chi connectivity index (χ4v) is 5.21. The zero-order valence-corrected chi connectivity index (χ0v) is 18.1. The van der Waals surface area contributed by atoms with E-state index in [9.17, 15) is 18.0 Å². The Morgan fingerprint density at radius 2 is 1.90 bits per heavy atom. The number of benzene rings is 1. The Morgan fingerprint density at radius 3 is 2.52 bits per heavy atom. The van der Waals surface area contributed by atoms with Crippen LogP contribution in [0.5, 0.6) is 0 Å². The maximum Gasteiger partial charge on any atom is 0.263 e. The summed E-state index contributed by atoms with van der Waals surface area (Å²) in [6.45, 7) is 4.54. The van der Waals surface area contributed by atoms with Crippen molar-refractivity contribution in [3.05, 3.63) is 46.7 Å². The van der Waals surface area contributed by atoms with E-state index in [1.165, 1.54) is 23.5 Å². The second-order valence-corrected chi connectivity index (χ2v) is 10.0. The minimum absolute atomic E-state index is 0.0373. The largest absolute Gasteiger partial charge is 0.337 e. The van der Waals surface area contributed by atoms with Gasteiger partial charge in [-0.25, -0.2) is 13.1 Å². The van der Waals surface area contributed by atoms with E-state index in [0.717, 1.165) is 6.42 Å². The number of likely N-dealkylation sites (tertiary alicyclic amines) is 1. The molecular formula is C20H25N3O4S2. The summed E-state index contributed by atoms with van der Waals surface area (Å²) in [4.78, 5) is 27.8. The molecule has 2 aromatic rings. The Balaban J connectivity index is 1.62. The number of anilines is 1. The summed E-state index contributed by atoms with van der Waals surface area (Å²) in [7, 11) is -3.57. The number of carbonyl (C=O) groups excluding carboxylic acids is 2. The summed E-state index contributed by atoms with van der Waals surface area (Å²) in [5, 5.41) is 4.70. The van der Waals surface area contributed by atoms with E-state index in [2.05, 4.69) is 10.0 Å². The lowest BCUT2D eigenvalue weighted by molar-refractivity contribution is -0.121. The van der Waals surface area contributed by atoms with Crippen molar-refractivity contribution in [1.82, 2.24) is 9.62 Å². The van der Waals surface area contributed by atoms with Crippen LogP contribution < -0.4 is 10.0 Å². The molecule has 1 saturated heterocycles. The molecule has 1 aliphatic heterocycles. The molecule has 1 fully saturated rings. The molecule has 1 unspecified atom stereocenters. The van der Waals surface area contributed by atoms with Crippen LogP contribution in [-0.4, -0.2) is 44.3 Å². The van der Waals surface area contributed by atoms with E-state index in [1.54, 1.807) is 36.9 Å². The van der Waals surface area contributed by atoms with Crippen LogP contribution >= 0.6 is 11.3 Å². The van der Waals surface area contributed by atoms with Gasteiger partial charge in [0.1, 0.15) is 0 Å². The molecule has 1 aromatic carbocycles. The van der Waals surface area contributed by atoms with Crippen molar-refractivity contribution in [2.24, 2.45) is 5.92 Å².